The minimum atomic E-state index is -0.359. The van der Waals surface area contributed by atoms with Crippen molar-refractivity contribution in [2.75, 3.05) is 18.4 Å². The average molecular weight is 342 g/mol. The first-order chi connectivity index (χ1) is 12.2. The molecule has 0 bridgehead atoms. The molecule has 1 aromatic heterocycles. The first-order valence-electron chi connectivity index (χ1n) is 8.56. The summed E-state index contributed by atoms with van der Waals surface area (Å²) in [6.07, 6.45) is 5.91. The molecule has 3 rings (SSSR count). The Morgan fingerprint density at radius 3 is 2.64 bits per heavy atom. The Bertz CT molecular complexity index is 707. The molecule has 0 spiro atoms. The first kappa shape index (κ1) is 17.0. The number of rotatable bonds is 4. The van der Waals surface area contributed by atoms with Crippen LogP contribution in [0.25, 0.3) is 0 Å². The van der Waals surface area contributed by atoms with Crippen LogP contribution >= 0.6 is 0 Å². The number of hydrogen-bond acceptors (Lipinski definition) is 4. The molecule has 2 heterocycles. The van der Waals surface area contributed by atoms with Gasteiger partial charge in [0.2, 0.25) is 0 Å². The molecule has 0 saturated carbocycles. The van der Waals surface area contributed by atoms with Crippen LogP contribution in [-0.4, -0.2) is 35.1 Å². The van der Waals surface area contributed by atoms with Gasteiger partial charge in [-0.3, -0.25) is 4.79 Å². The van der Waals surface area contributed by atoms with Crippen LogP contribution in [0.1, 0.15) is 41.7 Å². The topological polar surface area (TPSA) is 87.5 Å². The number of likely N-dealkylation sites (tertiary alicyclic amines) is 1. The lowest BCUT2D eigenvalue weighted by atomic mass is 10.1. The van der Waals surface area contributed by atoms with E-state index in [0.29, 0.717) is 16.9 Å². The van der Waals surface area contributed by atoms with Crippen LogP contribution in [0.15, 0.2) is 41.1 Å². The summed E-state index contributed by atoms with van der Waals surface area (Å²) < 4.78 is 4.71. The quantitative estimate of drug-likeness (QED) is 0.894. The minimum Gasteiger partial charge on any atom is -0.364 e. The molecule has 132 valence electrons. The summed E-state index contributed by atoms with van der Waals surface area (Å²) in [4.78, 5) is 26.5. The van der Waals surface area contributed by atoms with E-state index in [2.05, 4.69) is 15.8 Å². The van der Waals surface area contributed by atoms with Gasteiger partial charge in [0.05, 0.1) is 6.54 Å². The number of aromatic nitrogens is 1. The molecule has 1 aliphatic heterocycles. The Labute approximate surface area is 146 Å². The van der Waals surface area contributed by atoms with Gasteiger partial charge in [0.15, 0.2) is 0 Å². The molecule has 7 nitrogen and oxygen atoms in total. The van der Waals surface area contributed by atoms with Crippen molar-refractivity contribution in [2.24, 2.45) is 0 Å². The predicted molar refractivity (Wildman–Crippen MR) is 93.2 cm³/mol. The van der Waals surface area contributed by atoms with Gasteiger partial charge >= 0.3 is 6.03 Å². The number of amides is 3. The van der Waals surface area contributed by atoms with Crippen LogP contribution in [0.4, 0.5) is 10.5 Å². The maximum Gasteiger partial charge on any atom is 0.319 e. The van der Waals surface area contributed by atoms with Gasteiger partial charge in [0, 0.05) is 30.4 Å². The molecule has 7 heteroatoms. The maximum atomic E-state index is 12.7. The summed E-state index contributed by atoms with van der Waals surface area (Å²) in [5.74, 6) is 0.0218. The lowest BCUT2D eigenvalue weighted by Crippen LogP contribution is -2.32. The van der Waals surface area contributed by atoms with Crippen molar-refractivity contribution in [1.29, 1.82) is 0 Å². The molecule has 2 aromatic rings. The zero-order valence-corrected chi connectivity index (χ0v) is 14.0. The standard InChI is InChI=1S/C18H22N4O3/c23-17(22-9-3-1-2-4-10-22)14-6-5-7-15(12-14)20-18(24)19-13-16-8-11-25-21-16/h5-8,11-12H,1-4,9-10,13H2,(H2,19,20,24). The highest BCUT2D eigenvalue weighted by molar-refractivity contribution is 5.96. The number of urea groups is 1. The van der Waals surface area contributed by atoms with E-state index in [1.807, 2.05) is 4.90 Å². The Hall–Kier alpha value is -2.83. The molecule has 0 aliphatic carbocycles. The first-order valence-corrected chi connectivity index (χ1v) is 8.56. The normalized spacial score (nSPS) is 14.6. The fourth-order valence-electron chi connectivity index (χ4n) is 2.86. The summed E-state index contributed by atoms with van der Waals surface area (Å²) in [5.41, 5.74) is 1.81. The maximum absolute atomic E-state index is 12.7. The Morgan fingerprint density at radius 1 is 1.12 bits per heavy atom. The predicted octanol–water partition coefficient (Wildman–Crippen LogP) is 3.01. The molecule has 3 amide bonds. The Morgan fingerprint density at radius 2 is 1.92 bits per heavy atom. The van der Waals surface area contributed by atoms with Crippen LogP contribution in [0.5, 0.6) is 0 Å². The van der Waals surface area contributed by atoms with Crippen molar-refractivity contribution in [2.45, 2.75) is 32.2 Å². The molecule has 0 unspecified atom stereocenters. The van der Waals surface area contributed by atoms with Gasteiger partial charge in [-0.15, -0.1) is 0 Å². The van der Waals surface area contributed by atoms with Gasteiger partial charge in [-0.2, -0.15) is 0 Å². The monoisotopic (exact) mass is 342 g/mol. The second kappa shape index (κ2) is 8.32. The molecule has 25 heavy (non-hydrogen) atoms. The number of carbonyl (C=O) groups is 2. The Kier molecular flexibility index (Phi) is 5.66. The molecular weight excluding hydrogens is 320 g/mol. The van der Waals surface area contributed by atoms with Crippen LogP contribution < -0.4 is 10.6 Å². The highest BCUT2D eigenvalue weighted by Gasteiger charge is 2.17. The largest absolute Gasteiger partial charge is 0.364 e. The van der Waals surface area contributed by atoms with E-state index in [9.17, 15) is 9.59 Å². The summed E-state index contributed by atoms with van der Waals surface area (Å²) in [5, 5.41) is 9.15. The third kappa shape index (κ3) is 4.82. The third-order valence-electron chi connectivity index (χ3n) is 4.18. The summed E-state index contributed by atoms with van der Waals surface area (Å²) in [6, 6.07) is 8.35. The van der Waals surface area contributed by atoms with E-state index in [-0.39, 0.29) is 18.5 Å². The SMILES string of the molecule is O=C(NCc1ccon1)Nc1cccc(C(=O)N2CCCCCC2)c1. The molecule has 0 radical (unpaired) electrons. The third-order valence-corrected chi connectivity index (χ3v) is 4.18. The number of nitrogens with zero attached hydrogens (tertiary/aromatic N) is 2. The summed E-state index contributed by atoms with van der Waals surface area (Å²) in [7, 11) is 0. The summed E-state index contributed by atoms with van der Waals surface area (Å²) in [6.45, 7) is 1.87. The van der Waals surface area contributed by atoms with Gasteiger partial charge in [0.1, 0.15) is 12.0 Å². The number of benzene rings is 1. The summed E-state index contributed by atoms with van der Waals surface area (Å²) >= 11 is 0. The van der Waals surface area contributed by atoms with E-state index in [4.69, 9.17) is 4.52 Å². The van der Waals surface area contributed by atoms with Crippen molar-refractivity contribution < 1.29 is 14.1 Å². The van der Waals surface area contributed by atoms with Crippen molar-refractivity contribution in [3.05, 3.63) is 47.9 Å². The molecular formula is C18H22N4O3. The molecule has 2 N–H and O–H groups in total. The highest BCUT2D eigenvalue weighted by atomic mass is 16.5. The molecule has 0 atom stereocenters. The smallest absolute Gasteiger partial charge is 0.319 e. The van der Waals surface area contributed by atoms with E-state index in [1.54, 1.807) is 30.3 Å². The second-order valence-electron chi connectivity index (χ2n) is 6.09. The lowest BCUT2D eigenvalue weighted by molar-refractivity contribution is 0.0761. The zero-order valence-electron chi connectivity index (χ0n) is 14.0. The number of anilines is 1. The van der Waals surface area contributed by atoms with Crippen LogP contribution in [0, 0.1) is 0 Å². The fraction of sp³-hybridized carbons (Fsp3) is 0.389. The fourth-order valence-corrected chi connectivity index (χ4v) is 2.86. The minimum absolute atomic E-state index is 0.0218. The van der Waals surface area contributed by atoms with Crippen molar-refractivity contribution in [3.63, 3.8) is 0 Å². The Balaban J connectivity index is 1.58. The molecule has 1 saturated heterocycles. The van der Waals surface area contributed by atoms with Gasteiger partial charge < -0.3 is 20.1 Å². The van der Waals surface area contributed by atoms with Crippen LogP contribution in [-0.2, 0) is 6.54 Å². The van der Waals surface area contributed by atoms with Gasteiger partial charge in [-0.05, 0) is 31.0 Å². The average Bonchev–Trinajstić information content (AvgIpc) is 3.00. The van der Waals surface area contributed by atoms with Crippen molar-refractivity contribution >= 4 is 17.6 Å². The van der Waals surface area contributed by atoms with Crippen molar-refractivity contribution in [1.82, 2.24) is 15.4 Å². The molecule has 1 fully saturated rings. The number of hydrogen-bond donors (Lipinski definition) is 2. The van der Waals surface area contributed by atoms with E-state index >= 15 is 0 Å². The second-order valence-corrected chi connectivity index (χ2v) is 6.09. The van der Waals surface area contributed by atoms with Gasteiger partial charge in [0.25, 0.3) is 5.91 Å². The van der Waals surface area contributed by atoms with Gasteiger partial charge in [-0.25, -0.2) is 4.79 Å². The van der Waals surface area contributed by atoms with Crippen molar-refractivity contribution in [3.8, 4) is 0 Å². The van der Waals surface area contributed by atoms with E-state index < -0.39 is 0 Å². The lowest BCUT2D eigenvalue weighted by Gasteiger charge is -2.20. The van der Waals surface area contributed by atoms with E-state index in [1.165, 1.54) is 19.1 Å². The van der Waals surface area contributed by atoms with E-state index in [0.717, 1.165) is 25.9 Å². The molecule has 1 aliphatic rings. The van der Waals surface area contributed by atoms with Crippen LogP contribution in [0.3, 0.4) is 0 Å². The van der Waals surface area contributed by atoms with Gasteiger partial charge in [-0.1, -0.05) is 24.1 Å². The number of carbonyl (C=O) groups excluding carboxylic acids is 2. The highest BCUT2D eigenvalue weighted by Crippen LogP contribution is 2.16. The van der Waals surface area contributed by atoms with Crippen LogP contribution in [0.2, 0.25) is 0 Å². The number of nitrogens with one attached hydrogen (secondary N) is 2. The molecule has 1 aromatic carbocycles. The zero-order chi connectivity index (χ0) is 17.5.